The topological polar surface area (TPSA) is 40.7 Å². The molecule has 25 heavy (non-hydrogen) atoms. The number of para-hydroxylation sites is 1. The van der Waals surface area contributed by atoms with E-state index in [-0.39, 0.29) is 5.41 Å². The van der Waals surface area contributed by atoms with E-state index in [9.17, 15) is 0 Å². The molecule has 0 aliphatic heterocycles. The first-order valence-corrected chi connectivity index (χ1v) is 8.87. The molecule has 2 N–H and O–H groups in total. The van der Waals surface area contributed by atoms with Crippen LogP contribution < -0.4 is 5.32 Å². The van der Waals surface area contributed by atoms with Gasteiger partial charge in [0.1, 0.15) is 0 Å². The van der Waals surface area contributed by atoms with Crippen LogP contribution >= 0.6 is 0 Å². The fraction of sp³-hybridized carbons (Fsp3) is 0.318. The second kappa shape index (κ2) is 6.75. The van der Waals surface area contributed by atoms with Gasteiger partial charge in [-0.05, 0) is 29.2 Å². The van der Waals surface area contributed by atoms with Crippen molar-refractivity contribution in [3.8, 4) is 11.3 Å². The van der Waals surface area contributed by atoms with E-state index in [1.54, 1.807) is 0 Å². The Morgan fingerprint density at radius 3 is 2.32 bits per heavy atom. The number of rotatable bonds is 5. The zero-order valence-electron chi connectivity index (χ0n) is 15.7. The van der Waals surface area contributed by atoms with Crippen LogP contribution in [0.15, 0.2) is 54.6 Å². The predicted molar refractivity (Wildman–Crippen MR) is 106 cm³/mol. The van der Waals surface area contributed by atoms with Crippen LogP contribution in [-0.4, -0.2) is 17.2 Å². The summed E-state index contributed by atoms with van der Waals surface area (Å²) in [7, 11) is 1.96. The van der Waals surface area contributed by atoms with E-state index >= 15 is 0 Å². The van der Waals surface area contributed by atoms with Crippen LogP contribution in [0, 0.1) is 0 Å². The van der Waals surface area contributed by atoms with Gasteiger partial charge in [0, 0.05) is 29.4 Å². The molecule has 0 aliphatic carbocycles. The maximum absolute atomic E-state index is 4.56. The minimum atomic E-state index is -0.164. The highest BCUT2D eigenvalue weighted by molar-refractivity contribution is 5.62. The molecule has 0 radical (unpaired) electrons. The number of H-pyrrole nitrogens is 1. The highest BCUT2D eigenvalue weighted by Crippen LogP contribution is 2.36. The molecular weight excluding hydrogens is 306 g/mol. The molecule has 0 spiro atoms. The maximum Gasteiger partial charge on any atom is 0.0923 e. The van der Waals surface area contributed by atoms with Crippen LogP contribution in [0.4, 0.5) is 5.69 Å². The molecule has 0 aliphatic rings. The third-order valence-electron chi connectivity index (χ3n) is 4.99. The summed E-state index contributed by atoms with van der Waals surface area (Å²) in [5.41, 5.74) is 6.82. The molecule has 0 bridgehead atoms. The van der Waals surface area contributed by atoms with Gasteiger partial charge in [0.2, 0.25) is 0 Å². The molecule has 0 saturated carbocycles. The Morgan fingerprint density at radius 1 is 1.00 bits per heavy atom. The van der Waals surface area contributed by atoms with Crippen LogP contribution in [0.5, 0.6) is 0 Å². The molecule has 3 heteroatoms. The fourth-order valence-electron chi connectivity index (χ4n) is 3.22. The molecule has 1 aromatic heterocycles. The van der Waals surface area contributed by atoms with Gasteiger partial charge in [-0.3, -0.25) is 5.10 Å². The Kier molecular flexibility index (Phi) is 4.67. The normalized spacial score (nSPS) is 11.8. The number of hydrogen-bond acceptors (Lipinski definition) is 2. The van der Waals surface area contributed by atoms with Gasteiger partial charge in [-0.15, -0.1) is 0 Å². The molecule has 130 valence electrons. The van der Waals surface area contributed by atoms with Gasteiger partial charge in [0.25, 0.3) is 0 Å². The quantitative estimate of drug-likeness (QED) is 0.641. The summed E-state index contributed by atoms with van der Waals surface area (Å²) in [6.45, 7) is 8.87. The van der Waals surface area contributed by atoms with Crippen LogP contribution in [0.25, 0.3) is 11.3 Å². The Balaban J connectivity index is 1.94. The lowest BCUT2D eigenvalue weighted by Crippen LogP contribution is -2.21. The van der Waals surface area contributed by atoms with Gasteiger partial charge >= 0.3 is 0 Å². The molecular formula is C22H27N3. The molecule has 0 unspecified atom stereocenters. The third-order valence-corrected chi connectivity index (χ3v) is 4.99. The van der Waals surface area contributed by atoms with Crippen molar-refractivity contribution in [2.24, 2.45) is 0 Å². The Morgan fingerprint density at radius 2 is 1.68 bits per heavy atom. The molecule has 2 aromatic carbocycles. The fourth-order valence-corrected chi connectivity index (χ4v) is 3.22. The van der Waals surface area contributed by atoms with Gasteiger partial charge < -0.3 is 5.32 Å². The molecule has 0 fully saturated rings. The predicted octanol–water partition coefficient (Wildman–Crippen LogP) is 5.57. The average molecular weight is 333 g/mol. The second-order valence-corrected chi connectivity index (χ2v) is 7.36. The van der Waals surface area contributed by atoms with Gasteiger partial charge in [0.15, 0.2) is 0 Å². The molecule has 3 aromatic rings. The van der Waals surface area contributed by atoms with E-state index in [1.807, 2.05) is 7.05 Å². The van der Waals surface area contributed by atoms with Crippen molar-refractivity contribution in [1.82, 2.24) is 10.2 Å². The second-order valence-electron chi connectivity index (χ2n) is 7.36. The Bertz CT molecular complexity index is 842. The van der Waals surface area contributed by atoms with Crippen molar-refractivity contribution in [1.29, 1.82) is 0 Å². The summed E-state index contributed by atoms with van der Waals surface area (Å²) in [4.78, 5) is 0. The minimum absolute atomic E-state index is 0.164. The first-order valence-electron chi connectivity index (χ1n) is 8.87. The highest BCUT2D eigenvalue weighted by Gasteiger charge is 2.27. The van der Waals surface area contributed by atoms with Crippen molar-refractivity contribution in [3.05, 3.63) is 71.4 Å². The summed E-state index contributed by atoms with van der Waals surface area (Å²) >= 11 is 0. The molecule has 3 nitrogen and oxygen atoms in total. The van der Waals surface area contributed by atoms with Crippen molar-refractivity contribution < 1.29 is 0 Å². The first-order chi connectivity index (χ1) is 11.9. The Hall–Kier alpha value is -2.55. The first kappa shape index (κ1) is 17.3. The highest BCUT2D eigenvalue weighted by atomic mass is 15.1. The van der Waals surface area contributed by atoms with E-state index in [2.05, 4.69) is 97.8 Å². The smallest absolute Gasteiger partial charge is 0.0923 e. The van der Waals surface area contributed by atoms with Gasteiger partial charge in [-0.25, -0.2) is 0 Å². The lowest BCUT2D eigenvalue weighted by Gasteiger charge is -2.26. The lowest BCUT2D eigenvalue weighted by atomic mass is 9.80. The summed E-state index contributed by atoms with van der Waals surface area (Å²) < 4.78 is 0. The number of aromatic nitrogens is 2. The lowest BCUT2D eigenvalue weighted by molar-refractivity contribution is 0.615. The number of benzene rings is 2. The number of nitrogens with one attached hydrogen (secondary N) is 2. The molecule has 1 heterocycles. The number of aromatic amines is 1. The monoisotopic (exact) mass is 333 g/mol. The van der Waals surface area contributed by atoms with E-state index in [4.69, 9.17) is 0 Å². The maximum atomic E-state index is 4.56. The van der Waals surface area contributed by atoms with E-state index in [0.29, 0.717) is 5.92 Å². The van der Waals surface area contributed by atoms with Gasteiger partial charge in [0.05, 0.1) is 5.69 Å². The average Bonchev–Trinajstić information content (AvgIpc) is 3.12. The minimum Gasteiger partial charge on any atom is -0.388 e. The SMILES string of the molecule is CNc1ccccc1C(C)(C)c1cc(-c2ccc(C(C)C)cc2)n[nH]1. The van der Waals surface area contributed by atoms with Gasteiger partial charge in [-0.1, -0.05) is 70.2 Å². The van der Waals surface area contributed by atoms with Crippen molar-refractivity contribution in [3.63, 3.8) is 0 Å². The largest absolute Gasteiger partial charge is 0.388 e. The van der Waals surface area contributed by atoms with E-state index in [0.717, 1.165) is 22.6 Å². The van der Waals surface area contributed by atoms with Crippen LogP contribution in [0.2, 0.25) is 0 Å². The van der Waals surface area contributed by atoms with E-state index < -0.39 is 0 Å². The summed E-state index contributed by atoms with van der Waals surface area (Å²) in [6, 6.07) is 19.3. The molecule has 0 atom stereocenters. The Labute approximate surface area is 150 Å². The van der Waals surface area contributed by atoms with Crippen molar-refractivity contribution in [2.75, 3.05) is 12.4 Å². The molecule has 3 rings (SSSR count). The number of nitrogens with zero attached hydrogens (tertiary/aromatic N) is 1. The summed E-state index contributed by atoms with van der Waals surface area (Å²) in [5, 5.41) is 11.1. The van der Waals surface area contributed by atoms with E-state index in [1.165, 1.54) is 11.1 Å². The molecule has 0 saturated heterocycles. The molecule has 0 amide bonds. The summed E-state index contributed by atoms with van der Waals surface area (Å²) in [6.07, 6.45) is 0. The van der Waals surface area contributed by atoms with Crippen molar-refractivity contribution in [2.45, 2.75) is 39.0 Å². The summed E-state index contributed by atoms with van der Waals surface area (Å²) in [5.74, 6) is 0.542. The standard InChI is InChI=1S/C22H27N3/c1-15(2)16-10-12-17(13-11-16)20-14-21(25-24-20)22(3,4)18-8-6-7-9-19(18)23-5/h6-15,23H,1-5H3,(H,24,25). The van der Waals surface area contributed by atoms with Crippen LogP contribution in [0.1, 0.15) is 50.4 Å². The number of hydrogen-bond donors (Lipinski definition) is 2. The van der Waals surface area contributed by atoms with Crippen molar-refractivity contribution >= 4 is 5.69 Å². The third kappa shape index (κ3) is 3.32. The van der Waals surface area contributed by atoms with Gasteiger partial charge in [-0.2, -0.15) is 5.10 Å². The zero-order valence-corrected chi connectivity index (χ0v) is 15.7. The number of anilines is 1. The zero-order chi connectivity index (χ0) is 18.0. The van der Waals surface area contributed by atoms with Crippen LogP contribution in [-0.2, 0) is 5.41 Å². The van der Waals surface area contributed by atoms with Crippen LogP contribution in [0.3, 0.4) is 0 Å².